The molecule has 0 radical (unpaired) electrons. The SMILES string of the molecule is Cc1ccccc1O.OOO. The van der Waals surface area contributed by atoms with Gasteiger partial charge in [-0.15, -0.1) is 0 Å². The molecule has 0 aliphatic rings. The lowest BCUT2D eigenvalue weighted by molar-refractivity contribution is -0.465. The topological polar surface area (TPSA) is 69.9 Å². The molecule has 0 unspecified atom stereocenters. The van der Waals surface area contributed by atoms with Crippen LogP contribution in [0.2, 0.25) is 0 Å². The molecule has 1 rings (SSSR count). The zero-order valence-corrected chi connectivity index (χ0v) is 6.06. The molecule has 4 heteroatoms. The first-order valence-electron chi connectivity index (χ1n) is 2.92. The van der Waals surface area contributed by atoms with Gasteiger partial charge in [0.05, 0.1) is 0 Å². The zero-order valence-electron chi connectivity index (χ0n) is 6.06. The molecule has 1 aromatic carbocycles. The Hall–Kier alpha value is -1.10. The van der Waals surface area contributed by atoms with Crippen molar-refractivity contribution in [1.82, 2.24) is 0 Å². The summed E-state index contributed by atoms with van der Waals surface area (Å²) in [6.07, 6.45) is 0. The molecule has 62 valence electrons. The normalized spacial score (nSPS) is 8.27. The van der Waals surface area contributed by atoms with Crippen molar-refractivity contribution in [3.63, 3.8) is 0 Å². The van der Waals surface area contributed by atoms with Crippen LogP contribution in [0.15, 0.2) is 24.3 Å². The van der Waals surface area contributed by atoms with Crippen LogP contribution in [0.1, 0.15) is 5.56 Å². The Kier molecular flexibility index (Phi) is 5.10. The molecule has 0 aliphatic carbocycles. The molecule has 0 fully saturated rings. The van der Waals surface area contributed by atoms with Crippen LogP contribution in [-0.2, 0) is 5.04 Å². The summed E-state index contributed by atoms with van der Waals surface area (Å²) < 4.78 is 0. The summed E-state index contributed by atoms with van der Waals surface area (Å²) in [6.45, 7) is 1.87. The van der Waals surface area contributed by atoms with Crippen molar-refractivity contribution in [2.24, 2.45) is 0 Å². The molecular formula is C7H10O4. The van der Waals surface area contributed by atoms with Crippen molar-refractivity contribution in [3.05, 3.63) is 29.8 Å². The number of hydrogen-bond acceptors (Lipinski definition) is 4. The minimum atomic E-state index is 0.368. The molecule has 0 saturated carbocycles. The molecule has 0 aromatic heterocycles. The molecule has 0 heterocycles. The Morgan fingerprint density at radius 1 is 1.18 bits per heavy atom. The molecule has 0 atom stereocenters. The van der Waals surface area contributed by atoms with E-state index in [1.807, 2.05) is 25.1 Å². The second-order valence-corrected chi connectivity index (χ2v) is 1.87. The van der Waals surface area contributed by atoms with Gasteiger partial charge in [-0.05, 0) is 18.6 Å². The van der Waals surface area contributed by atoms with Gasteiger partial charge >= 0.3 is 0 Å². The third kappa shape index (κ3) is 4.32. The van der Waals surface area contributed by atoms with Crippen molar-refractivity contribution in [2.45, 2.75) is 6.92 Å². The summed E-state index contributed by atoms with van der Waals surface area (Å²) in [5.41, 5.74) is 0.924. The molecule has 4 nitrogen and oxygen atoms in total. The van der Waals surface area contributed by atoms with Crippen molar-refractivity contribution in [1.29, 1.82) is 0 Å². The molecule has 11 heavy (non-hydrogen) atoms. The summed E-state index contributed by atoms with van der Waals surface area (Å²) >= 11 is 0. The summed E-state index contributed by atoms with van der Waals surface area (Å²) in [7, 11) is 0. The number of hydrogen-bond donors (Lipinski definition) is 3. The maximum atomic E-state index is 8.92. The molecule has 1 aromatic rings. The van der Waals surface area contributed by atoms with Crippen LogP contribution in [0.4, 0.5) is 0 Å². The number of para-hydroxylation sites is 1. The smallest absolute Gasteiger partial charge is 0.118 e. The summed E-state index contributed by atoms with van der Waals surface area (Å²) in [5.74, 6) is 0.368. The van der Waals surface area contributed by atoms with E-state index in [1.165, 1.54) is 0 Å². The second kappa shape index (κ2) is 5.67. The largest absolute Gasteiger partial charge is 0.508 e. The fraction of sp³-hybridized carbons (Fsp3) is 0.143. The van der Waals surface area contributed by atoms with Gasteiger partial charge in [0, 0.05) is 0 Å². The van der Waals surface area contributed by atoms with Gasteiger partial charge in [0.2, 0.25) is 0 Å². The van der Waals surface area contributed by atoms with E-state index in [0.29, 0.717) is 5.75 Å². The molecule has 0 saturated heterocycles. The third-order valence-corrected chi connectivity index (χ3v) is 1.12. The third-order valence-electron chi connectivity index (χ3n) is 1.12. The van der Waals surface area contributed by atoms with Crippen LogP contribution in [0, 0.1) is 6.92 Å². The number of aromatic hydroxyl groups is 1. The lowest BCUT2D eigenvalue weighted by Gasteiger charge is -1.92. The minimum Gasteiger partial charge on any atom is -0.508 e. The molecule has 0 bridgehead atoms. The van der Waals surface area contributed by atoms with Crippen LogP contribution in [0.3, 0.4) is 0 Å². The number of rotatable bonds is 0. The first kappa shape index (κ1) is 9.90. The average molecular weight is 158 g/mol. The molecule has 3 N–H and O–H groups in total. The highest BCUT2D eigenvalue weighted by atomic mass is 17.4. The van der Waals surface area contributed by atoms with Gasteiger partial charge < -0.3 is 5.11 Å². The fourth-order valence-electron chi connectivity index (χ4n) is 0.563. The monoisotopic (exact) mass is 158 g/mol. The molecular weight excluding hydrogens is 148 g/mol. The van der Waals surface area contributed by atoms with Crippen LogP contribution < -0.4 is 0 Å². The van der Waals surface area contributed by atoms with E-state index in [1.54, 1.807) is 6.07 Å². The Morgan fingerprint density at radius 2 is 1.64 bits per heavy atom. The van der Waals surface area contributed by atoms with Gasteiger partial charge in [0.1, 0.15) is 5.75 Å². The van der Waals surface area contributed by atoms with Crippen molar-refractivity contribution in [3.8, 4) is 5.75 Å². The van der Waals surface area contributed by atoms with E-state index in [0.717, 1.165) is 5.56 Å². The van der Waals surface area contributed by atoms with Crippen LogP contribution in [0.5, 0.6) is 5.75 Å². The zero-order chi connectivity index (χ0) is 8.69. The fourth-order valence-corrected chi connectivity index (χ4v) is 0.563. The van der Waals surface area contributed by atoms with Crippen molar-refractivity contribution in [2.75, 3.05) is 0 Å². The van der Waals surface area contributed by atoms with Gasteiger partial charge in [0.15, 0.2) is 0 Å². The predicted octanol–water partition coefficient (Wildman–Crippen LogP) is 1.65. The van der Waals surface area contributed by atoms with Gasteiger partial charge in [0.25, 0.3) is 0 Å². The summed E-state index contributed by atoms with van der Waals surface area (Å²) in [4.78, 5) is 0. The maximum Gasteiger partial charge on any atom is 0.118 e. The number of benzene rings is 1. The van der Waals surface area contributed by atoms with E-state index in [-0.39, 0.29) is 0 Å². The highest BCUT2D eigenvalue weighted by molar-refractivity contribution is 5.29. The molecule has 0 spiro atoms. The summed E-state index contributed by atoms with van der Waals surface area (Å²) in [5, 5.41) is 24.4. The number of phenols is 1. The van der Waals surface area contributed by atoms with Gasteiger partial charge in [-0.2, -0.15) is 0 Å². The van der Waals surface area contributed by atoms with Crippen LogP contribution in [0.25, 0.3) is 0 Å². The van der Waals surface area contributed by atoms with Crippen LogP contribution >= 0.6 is 0 Å². The molecule has 0 aliphatic heterocycles. The minimum absolute atomic E-state index is 0.368. The quantitative estimate of drug-likeness (QED) is 0.396. The van der Waals surface area contributed by atoms with E-state index < -0.39 is 0 Å². The highest BCUT2D eigenvalue weighted by Crippen LogP contribution is 2.12. The first-order valence-corrected chi connectivity index (χ1v) is 2.92. The standard InChI is InChI=1S/C7H8O.H2O3/c1-6-4-2-3-5-7(6)8;1-3-2/h2-5,8H,1H3;1-2H. The first-order chi connectivity index (χ1) is 5.22. The van der Waals surface area contributed by atoms with Crippen molar-refractivity contribution < 1.29 is 20.7 Å². The predicted molar refractivity (Wildman–Crippen MR) is 39.2 cm³/mol. The van der Waals surface area contributed by atoms with E-state index in [4.69, 9.17) is 15.6 Å². The highest BCUT2D eigenvalue weighted by Gasteiger charge is 1.86. The lowest BCUT2D eigenvalue weighted by atomic mass is 10.2. The Bertz CT molecular complexity index is 178. The van der Waals surface area contributed by atoms with Gasteiger partial charge in [-0.25, -0.2) is 10.5 Å². The van der Waals surface area contributed by atoms with Gasteiger partial charge in [-0.1, -0.05) is 23.2 Å². The van der Waals surface area contributed by atoms with Crippen molar-refractivity contribution >= 4 is 0 Å². The Labute approximate surface area is 64.2 Å². The Balaban J connectivity index is 0.000000292. The van der Waals surface area contributed by atoms with Gasteiger partial charge in [-0.3, -0.25) is 0 Å². The Morgan fingerprint density at radius 3 is 1.91 bits per heavy atom. The lowest BCUT2D eigenvalue weighted by Crippen LogP contribution is -1.68. The van der Waals surface area contributed by atoms with E-state index in [9.17, 15) is 0 Å². The second-order valence-electron chi connectivity index (χ2n) is 1.87. The number of phenolic OH excluding ortho intramolecular Hbond substituents is 1. The van der Waals surface area contributed by atoms with Crippen LogP contribution in [-0.4, -0.2) is 15.6 Å². The number of aryl methyl sites for hydroxylation is 1. The average Bonchev–Trinajstić information content (AvgIpc) is 1.97. The molecule has 0 amide bonds. The van der Waals surface area contributed by atoms with E-state index >= 15 is 0 Å². The summed E-state index contributed by atoms with van der Waals surface area (Å²) in [6, 6.07) is 7.25. The van der Waals surface area contributed by atoms with E-state index in [2.05, 4.69) is 5.04 Å². The maximum absolute atomic E-state index is 8.92.